The maximum absolute atomic E-state index is 15.7. The minimum atomic E-state index is -4.93. The Morgan fingerprint density at radius 3 is 1.98 bits per heavy atom. The molecule has 0 aliphatic heterocycles. The summed E-state index contributed by atoms with van der Waals surface area (Å²) in [7, 11) is 0. The number of rotatable bonds is 3. The Labute approximate surface area is 248 Å². The Morgan fingerprint density at radius 1 is 0.636 bits per heavy atom. The highest BCUT2D eigenvalue weighted by molar-refractivity contribution is 5.91. The van der Waals surface area contributed by atoms with E-state index in [1.54, 1.807) is 6.07 Å². The van der Waals surface area contributed by atoms with Crippen molar-refractivity contribution < 1.29 is 35.1 Å². The molecule has 6 rings (SSSR count). The van der Waals surface area contributed by atoms with Crippen molar-refractivity contribution in [3.8, 4) is 34.1 Å². The van der Waals surface area contributed by atoms with Crippen LogP contribution >= 0.6 is 0 Å². The SMILES string of the molecule is CC1CCC(c2ccc3c(F)c(-c4ccc(-c5ccc6c(F)c(C#CC(F)(F)F)c(F)cc6c5)c(F)c4)c(F)cc3c2)CC1. The topological polar surface area (TPSA) is 0 Å². The molecule has 0 nitrogen and oxygen atoms in total. The fourth-order valence-corrected chi connectivity index (χ4v) is 6.11. The third kappa shape index (κ3) is 5.63. The fraction of sp³-hybridized carbons (Fsp3) is 0.222. The lowest BCUT2D eigenvalue weighted by atomic mass is 9.79. The monoisotopic (exact) mass is 608 g/mol. The smallest absolute Gasteiger partial charge is 0.206 e. The van der Waals surface area contributed by atoms with Crippen LogP contribution in [0.3, 0.4) is 0 Å². The molecule has 0 N–H and O–H groups in total. The number of fused-ring (bicyclic) bond motifs is 2. The summed E-state index contributed by atoms with van der Waals surface area (Å²) in [6.45, 7) is 2.22. The molecular weight excluding hydrogens is 584 g/mol. The first-order valence-electron chi connectivity index (χ1n) is 14.1. The average molecular weight is 609 g/mol. The van der Waals surface area contributed by atoms with Crippen molar-refractivity contribution in [3.05, 3.63) is 107 Å². The molecule has 1 saturated carbocycles. The van der Waals surface area contributed by atoms with Crippen LogP contribution in [0.5, 0.6) is 0 Å². The summed E-state index contributed by atoms with van der Waals surface area (Å²) in [6, 6.07) is 14.8. The van der Waals surface area contributed by atoms with Crippen LogP contribution in [0.25, 0.3) is 43.8 Å². The van der Waals surface area contributed by atoms with Crippen molar-refractivity contribution in [2.75, 3.05) is 0 Å². The molecule has 0 bridgehead atoms. The molecule has 1 aliphatic carbocycles. The first kappa shape index (κ1) is 29.7. The van der Waals surface area contributed by atoms with Crippen LogP contribution in [0.1, 0.15) is 49.7 Å². The van der Waals surface area contributed by atoms with Gasteiger partial charge < -0.3 is 0 Å². The standard InChI is InChI=1S/C36H24F8/c1-19-2-4-20(5-3-19)21-6-10-28-24(14-21)18-32(39)33(35(28)41)23-8-9-26(30(37)16-23)22-7-11-27-25(15-22)17-31(38)29(34(27)40)12-13-36(42,43)44/h6-11,14-20H,2-5H2,1H3. The van der Waals surface area contributed by atoms with Gasteiger partial charge in [-0.25, -0.2) is 22.0 Å². The second kappa shape index (κ2) is 11.3. The zero-order valence-electron chi connectivity index (χ0n) is 23.4. The first-order chi connectivity index (χ1) is 20.9. The van der Waals surface area contributed by atoms with Crippen molar-refractivity contribution in [2.45, 2.75) is 44.7 Å². The van der Waals surface area contributed by atoms with Gasteiger partial charge in [0, 0.05) is 22.3 Å². The molecule has 0 radical (unpaired) electrons. The van der Waals surface area contributed by atoms with Crippen LogP contribution in [-0.4, -0.2) is 6.18 Å². The van der Waals surface area contributed by atoms with Gasteiger partial charge in [0.1, 0.15) is 29.1 Å². The summed E-state index contributed by atoms with van der Waals surface area (Å²) < 4.78 is 113. The lowest BCUT2D eigenvalue weighted by Crippen LogP contribution is -2.10. The molecule has 0 atom stereocenters. The molecule has 5 aromatic carbocycles. The first-order valence-corrected chi connectivity index (χ1v) is 14.1. The normalized spacial score (nSPS) is 17.1. The number of halogens is 8. The van der Waals surface area contributed by atoms with Crippen LogP contribution < -0.4 is 0 Å². The van der Waals surface area contributed by atoms with Crippen LogP contribution in [-0.2, 0) is 0 Å². The van der Waals surface area contributed by atoms with Crippen molar-refractivity contribution in [3.63, 3.8) is 0 Å². The van der Waals surface area contributed by atoms with Gasteiger partial charge in [-0.15, -0.1) is 0 Å². The van der Waals surface area contributed by atoms with E-state index in [1.165, 1.54) is 42.3 Å². The number of benzene rings is 5. The second-order valence-corrected chi connectivity index (χ2v) is 11.4. The van der Waals surface area contributed by atoms with Gasteiger partial charge in [-0.2, -0.15) is 13.2 Å². The predicted molar refractivity (Wildman–Crippen MR) is 155 cm³/mol. The van der Waals surface area contributed by atoms with E-state index in [1.807, 2.05) is 12.1 Å². The molecule has 0 heterocycles. The minimum absolute atomic E-state index is 0.00884. The molecule has 0 spiro atoms. The van der Waals surface area contributed by atoms with Gasteiger partial charge in [-0.05, 0) is 76.4 Å². The maximum Gasteiger partial charge on any atom is 0.458 e. The molecule has 0 amide bonds. The number of hydrogen-bond donors (Lipinski definition) is 0. The van der Waals surface area contributed by atoms with Gasteiger partial charge in [-0.1, -0.05) is 68.2 Å². The van der Waals surface area contributed by atoms with Gasteiger partial charge in [-0.3, -0.25) is 0 Å². The zero-order chi connectivity index (χ0) is 31.3. The fourth-order valence-electron chi connectivity index (χ4n) is 6.11. The molecule has 1 aliphatic rings. The number of alkyl halides is 3. The highest BCUT2D eigenvalue weighted by Crippen LogP contribution is 2.39. The van der Waals surface area contributed by atoms with E-state index in [-0.39, 0.29) is 38.4 Å². The molecule has 0 aromatic heterocycles. The number of hydrogen-bond acceptors (Lipinski definition) is 0. The summed E-state index contributed by atoms with van der Waals surface area (Å²) in [5.41, 5.74) is -0.204. The maximum atomic E-state index is 15.7. The molecule has 8 heteroatoms. The van der Waals surface area contributed by atoms with E-state index in [2.05, 4.69) is 6.92 Å². The van der Waals surface area contributed by atoms with E-state index in [4.69, 9.17) is 0 Å². The average Bonchev–Trinajstić information content (AvgIpc) is 2.96. The molecular formula is C36H24F8. The van der Waals surface area contributed by atoms with Gasteiger partial charge in [0.15, 0.2) is 0 Å². The molecule has 5 aromatic rings. The van der Waals surface area contributed by atoms with Gasteiger partial charge in [0.25, 0.3) is 0 Å². The van der Waals surface area contributed by atoms with Crippen molar-refractivity contribution in [1.82, 2.24) is 0 Å². The van der Waals surface area contributed by atoms with Crippen LogP contribution in [0.4, 0.5) is 35.1 Å². The molecule has 0 unspecified atom stereocenters. The van der Waals surface area contributed by atoms with Gasteiger partial charge in [0.2, 0.25) is 0 Å². The second-order valence-electron chi connectivity index (χ2n) is 11.4. The van der Waals surface area contributed by atoms with E-state index in [0.717, 1.165) is 49.3 Å². The van der Waals surface area contributed by atoms with E-state index in [9.17, 15) is 22.0 Å². The molecule has 224 valence electrons. The highest BCUT2D eigenvalue weighted by Gasteiger charge is 2.25. The van der Waals surface area contributed by atoms with E-state index >= 15 is 13.2 Å². The third-order valence-electron chi connectivity index (χ3n) is 8.47. The Hall–Kier alpha value is -4.38. The Bertz CT molecular complexity index is 1990. The van der Waals surface area contributed by atoms with Crippen LogP contribution in [0, 0.1) is 46.8 Å². The summed E-state index contributed by atoms with van der Waals surface area (Å²) in [4.78, 5) is 0. The minimum Gasteiger partial charge on any atom is -0.206 e. The largest absolute Gasteiger partial charge is 0.458 e. The molecule has 44 heavy (non-hydrogen) atoms. The Morgan fingerprint density at radius 2 is 1.27 bits per heavy atom. The highest BCUT2D eigenvalue weighted by atomic mass is 19.4. The third-order valence-corrected chi connectivity index (χ3v) is 8.47. The Balaban J connectivity index is 1.34. The predicted octanol–water partition coefficient (Wildman–Crippen LogP) is 11.2. The summed E-state index contributed by atoms with van der Waals surface area (Å²) in [6.07, 6.45) is -0.655. The van der Waals surface area contributed by atoms with Crippen molar-refractivity contribution >= 4 is 21.5 Å². The van der Waals surface area contributed by atoms with Gasteiger partial charge in [0.05, 0.1) is 11.1 Å². The van der Waals surface area contributed by atoms with Crippen LogP contribution in [0.2, 0.25) is 0 Å². The summed E-state index contributed by atoms with van der Waals surface area (Å²) in [5, 5.41) is 0.407. The lowest BCUT2D eigenvalue weighted by Gasteiger charge is -2.26. The molecule has 1 fully saturated rings. The van der Waals surface area contributed by atoms with Gasteiger partial charge >= 0.3 is 6.18 Å². The van der Waals surface area contributed by atoms with Crippen molar-refractivity contribution in [2.24, 2.45) is 5.92 Å². The quantitative estimate of drug-likeness (QED) is 0.141. The summed E-state index contributed by atoms with van der Waals surface area (Å²) in [5.74, 6) is -1.71. The van der Waals surface area contributed by atoms with Crippen LogP contribution in [0.15, 0.2) is 66.7 Å². The van der Waals surface area contributed by atoms with Crippen molar-refractivity contribution in [1.29, 1.82) is 0 Å². The van der Waals surface area contributed by atoms with E-state index in [0.29, 0.717) is 17.2 Å². The Kier molecular flexibility index (Phi) is 7.61. The molecule has 0 saturated heterocycles. The lowest BCUT2D eigenvalue weighted by molar-refractivity contribution is -0.0696. The zero-order valence-corrected chi connectivity index (χ0v) is 23.4. The van der Waals surface area contributed by atoms with E-state index < -0.39 is 40.8 Å². The summed E-state index contributed by atoms with van der Waals surface area (Å²) >= 11 is 0.